The number of hydrogen-bond acceptors (Lipinski definition) is 7. The second-order valence-corrected chi connectivity index (χ2v) is 13.1. The lowest BCUT2D eigenvalue weighted by Crippen LogP contribution is -2.44. The first-order chi connectivity index (χ1) is 18.6. The zero-order chi connectivity index (χ0) is 28.9. The van der Waals surface area contributed by atoms with E-state index in [-0.39, 0.29) is 16.5 Å². The largest absolute Gasteiger partial charge is 0.573 e. The first-order valence-electron chi connectivity index (χ1n) is 13.0. The van der Waals surface area contributed by atoms with E-state index in [1.54, 1.807) is 0 Å². The van der Waals surface area contributed by atoms with Crippen molar-refractivity contribution in [3.63, 3.8) is 0 Å². The Kier molecular flexibility index (Phi) is 7.12. The number of alkyl halides is 3. The van der Waals surface area contributed by atoms with Gasteiger partial charge in [-0.25, -0.2) is 23.1 Å². The molecule has 5 rings (SSSR count). The summed E-state index contributed by atoms with van der Waals surface area (Å²) in [5, 5.41) is 0.890. The second-order valence-electron chi connectivity index (χ2n) is 11.4. The van der Waals surface area contributed by atoms with E-state index in [0.29, 0.717) is 25.9 Å². The van der Waals surface area contributed by atoms with Gasteiger partial charge in [-0.1, -0.05) is 0 Å². The van der Waals surface area contributed by atoms with Crippen LogP contribution in [0.3, 0.4) is 0 Å². The molecule has 0 radical (unpaired) electrons. The monoisotopic (exact) mass is 579 g/mol. The van der Waals surface area contributed by atoms with Gasteiger partial charge in [-0.3, -0.25) is 0 Å². The Labute approximate surface area is 230 Å². The summed E-state index contributed by atoms with van der Waals surface area (Å²) in [6.45, 7) is 9.36. The highest BCUT2D eigenvalue weighted by Gasteiger charge is 2.35. The Balaban J connectivity index is 1.27. The summed E-state index contributed by atoms with van der Waals surface area (Å²) in [6.07, 6.45) is 0.607. The average Bonchev–Trinajstić information content (AvgIpc) is 3.27. The van der Waals surface area contributed by atoms with Crippen molar-refractivity contribution >= 4 is 32.4 Å². The van der Waals surface area contributed by atoms with Gasteiger partial charge in [0.2, 0.25) is 10.0 Å². The van der Waals surface area contributed by atoms with Crippen LogP contribution >= 0.6 is 0 Å². The van der Waals surface area contributed by atoms with Gasteiger partial charge >= 0.3 is 6.36 Å². The Morgan fingerprint density at radius 3 is 2.40 bits per heavy atom. The van der Waals surface area contributed by atoms with Gasteiger partial charge in [-0.15, -0.1) is 13.2 Å². The molecule has 0 unspecified atom stereocenters. The van der Waals surface area contributed by atoms with E-state index in [1.807, 2.05) is 13.8 Å². The summed E-state index contributed by atoms with van der Waals surface area (Å²) in [6, 6.07) is 5.88. The number of nitrogens with zero attached hydrogens (tertiary/aromatic N) is 3. The maximum Gasteiger partial charge on any atom is 0.573 e. The highest BCUT2D eigenvalue weighted by atomic mass is 32.2. The number of anilines is 1. The van der Waals surface area contributed by atoms with E-state index in [2.05, 4.69) is 55.3 Å². The number of H-pyrrole nitrogens is 1. The van der Waals surface area contributed by atoms with Crippen LogP contribution in [0.5, 0.6) is 5.75 Å². The van der Waals surface area contributed by atoms with Gasteiger partial charge in [0.05, 0.1) is 21.5 Å². The van der Waals surface area contributed by atoms with E-state index in [4.69, 9.17) is 4.74 Å². The van der Waals surface area contributed by atoms with Gasteiger partial charge in [-0.05, 0) is 82.5 Å². The van der Waals surface area contributed by atoms with Gasteiger partial charge in [0.15, 0.2) is 0 Å². The summed E-state index contributed by atoms with van der Waals surface area (Å²) < 4.78 is 75.5. The molecular formula is C27H32F3N5O4S. The van der Waals surface area contributed by atoms with Crippen molar-refractivity contribution in [2.24, 2.45) is 0 Å². The number of aromatic amines is 1. The minimum absolute atomic E-state index is 0.129. The molecule has 0 saturated carbocycles. The number of halogens is 3. The summed E-state index contributed by atoms with van der Waals surface area (Å²) in [7, 11) is -3.92. The number of rotatable bonds is 6. The van der Waals surface area contributed by atoms with Crippen molar-refractivity contribution in [1.82, 2.24) is 19.7 Å². The molecule has 1 aromatic carbocycles. The average molecular weight is 580 g/mol. The molecule has 2 aliphatic heterocycles. The minimum Gasteiger partial charge on any atom is -0.406 e. The molecule has 13 heteroatoms. The molecule has 0 aliphatic carbocycles. The molecule has 3 aromatic rings. The zero-order valence-corrected chi connectivity index (χ0v) is 23.5. The Bertz CT molecular complexity index is 1520. The molecule has 1 saturated heterocycles. The summed E-state index contributed by atoms with van der Waals surface area (Å²) in [5.74, 6) is 0.296. The maximum absolute atomic E-state index is 12.8. The Morgan fingerprint density at radius 1 is 1.10 bits per heavy atom. The number of nitrogens with one attached hydrogen (secondary N) is 2. The summed E-state index contributed by atoms with van der Waals surface area (Å²) in [5.41, 5.74) is 2.13. The third-order valence-electron chi connectivity index (χ3n) is 6.91. The SMILES string of the molecule is CC1(C)C=C(c2cc3c(N4CCC(NS(=O)(=O)c5ccc(OC(F)(F)F)cc5)CC4)ncnc3[nH]2)CC(C)(C)O1. The van der Waals surface area contributed by atoms with Gasteiger partial charge in [-0.2, -0.15) is 0 Å². The molecule has 2 N–H and O–H groups in total. The molecule has 2 aliphatic rings. The summed E-state index contributed by atoms with van der Waals surface area (Å²) in [4.78, 5) is 14.4. The van der Waals surface area contributed by atoms with E-state index < -0.39 is 27.7 Å². The van der Waals surface area contributed by atoms with Crippen LogP contribution in [0, 0.1) is 0 Å². The van der Waals surface area contributed by atoms with Gasteiger partial charge < -0.3 is 19.4 Å². The molecular weight excluding hydrogens is 547 g/mol. The fourth-order valence-electron chi connectivity index (χ4n) is 5.55. The Morgan fingerprint density at radius 2 is 1.77 bits per heavy atom. The quantitative estimate of drug-likeness (QED) is 0.415. The minimum atomic E-state index is -4.85. The number of aromatic nitrogens is 3. The molecule has 0 atom stereocenters. The van der Waals surface area contributed by atoms with Gasteiger partial charge in [0, 0.05) is 31.2 Å². The molecule has 0 amide bonds. The van der Waals surface area contributed by atoms with Crippen molar-refractivity contribution in [3.05, 3.63) is 48.4 Å². The van der Waals surface area contributed by atoms with Gasteiger partial charge in [0.1, 0.15) is 23.5 Å². The van der Waals surface area contributed by atoms with Crippen molar-refractivity contribution in [2.45, 2.75) is 75.5 Å². The highest BCUT2D eigenvalue weighted by molar-refractivity contribution is 7.89. The third kappa shape index (κ3) is 6.42. The number of piperidine rings is 1. The van der Waals surface area contributed by atoms with Crippen LogP contribution in [0.2, 0.25) is 0 Å². The van der Waals surface area contributed by atoms with E-state index >= 15 is 0 Å². The van der Waals surface area contributed by atoms with Crippen molar-refractivity contribution < 1.29 is 31.1 Å². The van der Waals surface area contributed by atoms with E-state index in [1.165, 1.54) is 6.33 Å². The molecule has 0 bridgehead atoms. The standard InChI is InChI=1S/C27H32F3N5O4S/c1-25(2)14-17(15-26(3,4)39-25)22-13-21-23(33-22)31-16-32-24(21)35-11-9-18(10-12-35)34-40(36,37)20-7-5-19(6-8-20)38-27(28,29)30/h5-8,13-14,16,18,34H,9-12,15H2,1-4H3,(H,31,32,33). The predicted molar refractivity (Wildman–Crippen MR) is 144 cm³/mol. The molecule has 2 aromatic heterocycles. The number of hydrogen-bond donors (Lipinski definition) is 2. The lowest BCUT2D eigenvalue weighted by Gasteiger charge is -2.40. The molecule has 9 nitrogen and oxygen atoms in total. The van der Waals surface area contributed by atoms with Crippen LogP contribution in [0.1, 0.15) is 52.7 Å². The van der Waals surface area contributed by atoms with Crippen LogP contribution in [0.4, 0.5) is 19.0 Å². The molecule has 40 heavy (non-hydrogen) atoms. The number of ether oxygens (including phenoxy) is 2. The highest BCUT2D eigenvalue weighted by Crippen LogP contribution is 2.39. The fourth-order valence-corrected chi connectivity index (χ4v) is 6.85. The summed E-state index contributed by atoms with van der Waals surface area (Å²) >= 11 is 0. The van der Waals surface area contributed by atoms with Crippen molar-refractivity contribution in [3.8, 4) is 5.75 Å². The van der Waals surface area contributed by atoms with Crippen molar-refractivity contribution in [2.75, 3.05) is 18.0 Å². The van der Waals surface area contributed by atoms with Crippen LogP contribution < -0.4 is 14.4 Å². The van der Waals surface area contributed by atoms with E-state index in [0.717, 1.165) is 58.8 Å². The van der Waals surface area contributed by atoms with Crippen LogP contribution in [0.25, 0.3) is 16.6 Å². The number of sulfonamides is 1. The maximum atomic E-state index is 12.8. The van der Waals surface area contributed by atoms with Crippen LogP contribution in [0.15, 0.2) is 47.6 Å². The zero-order valence-electron chi connectivity index (χ0n) is 22.7. The number of benzene rings is 1. The lowest BCUT2D eigenvalue weighted by atomic mass is 9.88. The number of fused-ring (bicyclic) bond motifs is 1. The Hall–Kier alpha value is -3.16. The van der Waals surface area contributed by atoms with Crippen molar-refractivity contribution in [1.29, 1.82) is 0 Å². The first kappa shape index (κ1) is 28.4. The third-order valence-corrected chi connectivity index (χ3v) is 8.45. The van der Waals surface area contributed by atoms with Crippen LogP contribution in [-0.4, -0.2) is 60.1 Å². The smallest absolute Gasteiger partial charge is 0.406 e. The van der Waals surface area contributed by atoms with E-state index in [9.17, 15) is 21.6 Å². The van der Waals surface area contributed by atoms with Crippen LogP contribution in [-0.2, 0) is 14.8 Å². The molecule has 1 fully saturated rings. The normalized spacial score (nSPS) is 20.0. The topological polar surface area (TPSA) is 109 Å². The molecule has 0 spiro atoms. The second kappa shape index (κ2) is 10.0. The predicted octanol–water partition coefficient (Wildman–Crippen LogP) is 5.16. The lowest BCUT2D eigenvalue weighted by molar-refractivity contribution is -0.274. The molecule has 4 heterocycles. The fraction of sp³-hybridized carbons (Fsp3) is 0.481. The first-order valence-corrected chi connectivity index (χ1v) is 14.5. The molecule has 216 valence electrons. The van der Waals surface area contributed by atoms with Gasteiger partial charge in [0.25, 0.3) is 0 Å².